The number of benzene rings is 1. The van der Waals surface area contributed by atoms with Gasteiger partial charge in [0.2, 0.25) is 5.91 Å². The van der Waals surface area contributed by atoms with Gasteiger partial charge in [-0.25, -0.2) is 0 Å². The molecule has 4 N–H and O–H groups in total. The summed E-state index contributed by atoms with van der Waals surface area (Å²) in [6.45, 7) is 1.47. The maximum Gasteiger partial charge on any atom is 0.225 e. The lowest BCUT2D eigenvalue weighted by atomic mass is 10.2. The number of rotatable bonds is 7. The van der Waals surface area contributed by atoms with Crippen molar-refractivity contribution in [3.05, 3.63) is 24.3 Å². The van der Waals surface area contributed by atoms with E-state index in [0.29, 0.717) is 36.9 Å². The molecule has 0 aliphatic heterocycles. The van der Waals surface area contributed by atoms with E-state index in [0.717, 1.165) is 0 Å². The Morgan fingerprint density at radius 1 is 1.29 bits per heavy atom. The molecule has 0 radical (unpaired) electrons. The molecule has 1 saturated carbocycles. The first-order valence-corrected chi connectivity index (χ1v) is 7.70. The largest absolute Gasteiger partial charge is 0.397 e. The molecule has 1 aromatic carbocycles. The average molecular weight is 291 g/mol. The van der Waals surface area contributed by atoms with Crippen molar-refractivity contribution in [2.24, 2.45) is 0 Å². The molecule has 1 aromatic rings. The number of carbonyl (C=O) groups excluding carboxylic acids is 1. The van der Waals surface area contributed by atoms with Gasteiger partial charge in [0.15, 0.2) is 0 Å². The van der Waals surface area contributed by atoms with E-state index in [1.54, 1.807) is 12.1 Å². The minimum absolute atomic E-state index is 0.0335. The van der Waals surface area contributed by atoms with Crippen LogP contribution in [0.4, 0.5) is 11.4 Å². The summed E-state index contributed by atoms with van der Waals surface area (Å²) in [7, 11) is 0. The van der Waals surface area contributed by atoms with Gasteiger partial charge < -0.3 is 16.2 Å². The number of para-hydroxylation sites is 2. The van der Waals surface area contributed by atoms with Gasteiger partial charge in [-0.3, -0.25) is 9.69 Å². The van der Waals surface area contributed by atoms with E-state index in [1.165, 1.54) is 25.7 Å². The van der Waals surface area contributed by atoms with E-state index in [-0.39, 0.29) is 12.5 Å². The summed E-state index contributed by atoms with van der Waals surface area (Å²) >= 11 is 0. The van der Waals surface area contributed by atoms with Gasteiger partial charge >= 0.3 is 0 Å². The van der Waals surface area contributed by atoms with Gasteiger partial charge in [-0.05, 0) is 25.0 Å². The summed E-state index contributed by atoms with van der Waals surface area (Å²) in [5, 5.41) is 12.0. The normalized spacial score (nSPS) is 15.5. The predicted octanol–water partition coefficient (Wildman–Crippen LogP) is 1.83. The fourth-order valence-corrected chi connectivity index (χ4v) is 2.94. The smallest absolute Gasteiger partial charge is 0.225 e. The topological polar surface area (TPSA) is 78.6 Å². The molecule has 0 saturated heterocycles. The SMILES string of the molecule is Nc1ccccc1NC(=O)CCN(CCO)C1CCCC1. The minimum Gasteiger partial charge on any atom is -0.397 e. The van der Waals surface area contributed by atoms with Crippen molar-refractivity contribution >= 4 is 17.3 Å². The Balaban J connectivity index is 1.82. The van der Waals surface area contributed by atoms with E-state index in [4.69, 9.17) is 5.73 Å². The molecule has 0 spiro atoms. The molecule has 21 heavy (non-hydrogen) atoms. The number of hydrogen-bond donors (Lipinski definition) is 3. The molecule has 1 amide bonds. The molecule has 2 rings (SSSR count). The van der Waals surface area contributed by atoms with Crippen LogP contribution in [0.1, 0.15) is 32.1 Å². The number of anilines is 2. The molecule has 5 heteroatoms. The maximum absolute atomic E-state index is 12.0. The van der Waals surface area contributed by atoms with Gasteiger partial charge in [-0.15, -0.1) is 0 Å². The zero-order valence-corrected chi connectivity index (χ0v) is 12.4. The highest BCUT2D eigenvalue weighted by Crippen LogP contribution is 2.23. The van der Waals surface area contributed by atoms with Crippen LogP contribution < -0.4 is 11.1 Å². The fourth-order valence-electron chi connectivity index (χ4n) is 2.94. The number of aliphatic hydroxyl groups is 1. The second kappa shape index (κ2) is 8.00. The highest BCUT2D eigenvalue weighted by molar-refractivity contribution is 5.93. The van der Waals surface area contributed by atoms with Crippen molar-refractivity contribution in [2.45, 2.75) is 38.1 Å². The van der Waals surface area contributed by atoms with Crippen molar-refractivity contribution in [3.63, 3.8) is 0 Å². The van der Waals surface area contributed by atoms with Crippen LogP contribution in [0.3, 0.4) is 0 Å². The maximum atomic E-state index is 12.0. The highest BCUT2D eigenvalue weighted by atomic mass is 16.3. The molecule has 0 aromatic heterocycles. The molecule has 5 nitrogen and oxygen atoms in total. The quantitative estimate of drug-likeness (QED) is 0.670. The Morgan fingerprint density at radius 2 is 2.00 bits per heavy atom. The molecule has 0 unspecified atom stereocenters. The molecule has 1 aliphatic carbocycles. The molecule has 0 atom stereocenters. The highest BCUT2D eigenvalue weighted by Gasteiger charge is 2.22. The van der Waals surface area contributed by atoms with Gasteiger partial charge in [0.1, 0.15) is 0 Å². The standard InChI is InChI=1S/C16H25N3O2/c17-14-7-3-4-8-15(14)18-16(21)9-10-19(11-12-20)13-5-1-2-6-13/h3-4,7-8,13,20H,1-2,5-6,9-12,17H2,(H,18,21). The minimum atomic E-state index is -0.0335. The lowest BCUT2D eigenvalue weighted by Crippen LogP contribution is -2.37. The summed E-state index contributed by atoms with van der Waals surface area (Å²) < 4.78 is 0. The fraction of sp³-hybridized carbons (Fsp3) is 0.562. The Morgan fingerprint density at radius 3 is 2.67 bits per heavy atom. The number of carbonyl (C=O) groups is 1. The number of nitrogens with one attached hydrogen (secondary N) is 1. The Bertz CT molecular complexity index is 459. The monoisotopic (exact) mass is 291 g/mol. The van der Waals surface area contributed by atoms with Crippen LogP contribution in [0.5, 0.6) is 0 Å². The summed E-state index contributed by atoms with van der Waals surface area (Å²) in [6, 6.07) is 7.78. The number of amides is 1. The van der Waals surface area contributed by atoms with Crippen molar-refractivity contribution in [3.8, 4) is 0 Å². The third-order valence-corrected chi connectivity index (χ3v) is 4.09. The van der Waals surface area contributed by atoms with E-state index in [9.17, 15) is 9.90 Å². The van der Waals surface area contributed by atoms with E-state index < -0.39 is 0 Å². The first-order chi connectivity index (χ1) is 10.2. The van der Waals surface area contributed by atoms with Gasteiger partial charge in [0.05, 0.1) is 18.0 Å². The van der Waals surface area contributed by atoms with Crippen molar-refractivity contribution in [1.82, 2.24) is 4.90 Å². The van der Waals surface area contributed by atoms with Crippen molar-refractivity contribution < 1.29 is 9.90 Å². The van der Waals surface area contributed by atoms with Crippen LogP contribution in [0.25, 0.3) is 0 Å². The van der Waals surface area contributed by atoms with Gasteiger partial charge in [-0.2, -0.15) is 0 Å². The molecule has 1 aliphatic rings. The number of nitrogens with zero attached hydrogens (tertiary/aromatic N) is 1. The van der Waals surface area contributed by atoms with Crippen molar-refractivity contribution in [2.75, 3.05) is 30.7 Å². The molecular formula is C16H25N3O2. The average Bonchev–Trinajstić information content (AvgIpc) is 3.00. The van der Waals surface area contributed by atoms with Crippen LogP contribution in [-0.4, -0.2) is 41.7 Å². The molecular weight excluding hydrogens is 266 g/mol. The summed E-state index contributed by atoms with van der Waals surface area (Å²) in [6.07, 6.45) is 5.27. The first-order valence-electron chi connectivity index (χ1n) is 7.70. The van der Waals surface area contributed by atoms with Crippen LogP contribution in [-0.2, 0) is 4.79 Å². The molecule has 0 bridgehead atoms. The number of hydrogen-bond acceptors (Lipinski definition) is 4. The van der Waals surface area contributed by atoms with Crippen LogP contribution >= 0.6 is 0 Å². The molecule has 116 valence electrons. The lowest BCUT2D eigenvalue weighted by molar-refractivity contribution is -0.116. The summed E-state index contributed by atoms with van der Waals surface area (Å²) in [4.78, 5) is 14.3. The number of nitrogens with two attached hydrogens (primary N) is 1. The van der Waals surface area contributed by atoms with E-state index in [2.05, 4.69) is 10.2 Å². The zero-order valence-electron chi connectivity index (χ0n) is 12.4. The number of nitrogen functional groups attached to an aromatic ring is 1. The Hall–Kier alpha value is -1.59. The summed E-state index contributed by atoms with van der Waals surface area (Å²) in [5.41, 5.74) is 7.06. The van der Waals surface area contributed by atoms with E-state index >= 15 is 0 Å². The third-order valence-electron chi connectivity index (χ3n) is 4.09. The number of aliphatic hydroxyl groups excluding tert-OH is 1. The van der Waals surface area contributed by atoms with Gasteiger partial charge in [-0.1, -0.05) is 25.0 Å². The van der Waals surface area contributed by atoms with Crippen LogP contribution in [0.15, 0.2) is 24.3 Å². The zero-order chi connectivity index (χ0) is 15.1. The van der Waals surface area contributed by atoms with Crippen LogP contribution in [0, 0.1) is 0 Å². The van der Waals surface area contributed by atoms with E-state index in [1.807, 2.05) is 12.1 Å². The van der Waals surface area contributed by atoms with Crippen molar-refractivity contribution in [1.29, 1.82) is 0 Å². The molecule has 0 heterocycles. The Kier molecular flexibility index (Phi) is 6.02. The van der Waals surface area contributed by atoms with Gasteiger partial charge in [0, 0.05) is 25.6 Å². The Labute approximate surface area is 126 Å². The van der Waals surface area contributed by atoms with Crippen LogP contribution in [0.2, 0.25) is 0 Å². The predicted molar refractivity (Wildman–Crippen MR) is 85.0 cm³/mol. The second-order valence-corrected chi connectivity index (χ2v) is 5.58. The third kappa shape index (κ3) is 4.72. The first kappa shape index (κ1) is 15.8. The molecule has 1 fully saturated rings. The summed E-state index contributed by atoms with van der Waals surface area (Å²) in [5.74, 6) is -0.0335. The van der Waals surface area contributed by atoms with Gasteiger partial charge in [0.25, 0.3) is 0 Å². The lowest BCUT2D eigenvalue weighted by Gasteiger charge is -2.27. The second-order valence-electron chi connectivity index (χ2n) is 5.58.